The van der Waals surface area contributed by atoms with Crippen molar-refractivity contribution in [3.05, 3.63) is 35.9 Å². The molecule has 1 rings (SSSR count). The Morgan fingerprint density at radius 1 is 0.857 bits per heavy atom. The van der Waals surface area contributed by atoms with Crippen molar-refractivity contribution in [2.45, 2.75) is 71.1 Å². The first-order valence-corrected chi connectivity index (χ1v) is 11.5. The predicted octanol–water partition coefficient (Wildman–Crippen LogP) is -0.327. The minimum atomic E-state index is -1.24. The molecule has 0 aromatic heterocycles. The molecule has 0 radical (unpaired) electrons. The second-order valence-corrected chi connectivity index (χ2v) is 9.29. The number of carboxylic acid groups (broad SMARTS) is 1. The number of carbonyl (C=O) groups is 5. The number of hydrogen-bond acceptors (Lipinski definition) is 6. The number of nitrogens with one attached hydrogen (secondary N) is 3. The first-order chi connectivity index (χ1) is 16.3. The maximum Gasteiger partial charge on any atom is 0.326 e. The van der Waals surface area contributed by atoms with Gasteiger partial charge in [0.1, 0.15) is 18.1 Å². The van der Waals surface area contributed by atoms with Crippen molar-refractivity contribution < 1.29 is 29.1 Å². The fraction of sp³-hybridized carbons (Fsp3) is 0.542. The van der Waals surface area contributed by atoms with E-state index in [1.165, 1.54) is 0 Å². The van der Waals surface area contributed by atoms with Gasteiger partial charge in [0.15, 0.2) is 0 Å². The molecule has 8 N–H and O–H groups in total. The number of aliphatic carboxylic acids is 1. The van der Waals surface area contributed by atoms with Gasteiger partial charge in [-0.25, -0.2) is 4.79 Å². The Labute approximate surface area is 205 Å². The van der Waals surface area contributed by atoms with Crippen LogP contribution in [0.1, 0.15) is 46.1 Å². The average Bonchev–Trinajstić information content (AvgIpc) is 2.75. The standard InChI is InChI=1S/C24H37N5O6/c1-13(2)10-18(24(34)35)28-23(33)20(14(3)4)29-22(32)17(11-15-8-6-5-7-9-15)27-21(31)16(25)12-19(26)30/h5-9,13-14,16-18,20H,10-12,25H2,1-4H3,(H2,26,30)(H,27,31)(H,28,33)(H,29,32)(H,34,35). The van der Waals surface area contributed by atoms with Crippen molar-refractivity contribution >= 4 is 29.6 Å². The molecule has 0 saturated carbocycles. The number of carboxylic acids is 1. The summed E-state index contributed by atoms with van der Waals surface area (Å²) >= 11 is 0. The summed E-state index contributed by atoms with van der Waals surface area (Å²) in [6.45, 7) is 7.08. The Balaban J connectivity index is 3.07. The third kappa shape index (κ3) is 10.6. The van der Waals surface area contributed by atoms with Gasteiger partial charge in [0.25, 0.3) is 0 Å². The molecule has 0 spiro atoms. The third-order valence-electron chi connectivity index (χ3n) is 5.24. The first kappa shape index (κ1) is 29.6. The van der Waals surface area contributed by atoms with Gasteiger partial charge in [0, 0.05) is 6.42 Å². The Kier molecular flexibility index (Phi) is 11.9. The summed E-state index contributed by atoms with van der Waals surface area (Å²) in [5.41, 5.74) is 11.6. The van der Waals surface area contributed by atoms with Crippen LogP contribution in [0.5, 0.6) is 0 Å². The van der Waals surface area contributed by atoms with Gasteiger partial charge in [0.2, 0.25) is 23.6 Å². The van der Waals surface area contributed by atoms with Crippen LogP contribution < -0.4 is 27.4 Å². The van der Waals surface area contributed by atoms with Crippen LogP contribution in [-0.4, -0.2) is 58.9 Å². The van der Waals surface area contributed by atoms with Crippen LogP contribution in [0.25, 0.3) is 0 Å². The number of amides is 4. The molecular formula is C24H37N5O6. The molecule has 194 valence electrons. The number of hydrogen-bond donors (Lipinski definition) is 6. The number of rotatable bonds is 14. The van der Waals surface area contributed by atoms with Crippen LogP contribution in [-0.2, 0) is 30.4 Å². The summed E-state index contributed by atoms with van der Waals surface area (Å²) in [6, 6.07) is 4.39. The van der Waals surface area contributed by atoms with E-state index in [-0.39, 0.29) is 24.7 Å². The zero-order valence-electron chi connectivity index (χ0n) is 20.6. The van der Waals surface area contributed by atoms with Gasteiger partial charge in [-0.3, -0.25) is 19.2 Å². The highest BCUT2D eigenvalue weighted by molar-refractivity contribution is 5.95. The van der Waals surface area contributed by atoms with Crippen LogP contribution in [0, 0.1) is 11.8 Å². The number of primary amides is 1. The largest absolute Gasteiger partial charge is 0.480 e. The Morgan fingerprint density at radius 3 is 1.91 bits per heavy atom. The lowest BCUT2D eigenvalue weighted by atomic mass is 9.99. The molecule has 0 aliphatic carbocycles. The second kappa shape index (κ2) is 14.1. The minimum Gasteiger partial charge on any atom is -0.480 e. The fourth-order valence-corrected chi connectivity index (χ4v) is 3.39. The summed E-state index contributed by atoms with van der Waals surface area (Å²) in [6.07, 6.45) is -0.0710. The lowest BCUT2D eigenvalue weighted by Gasteiger charge is -2.27. The first-order valence-electron chi connectivity index (χ1n) is 11.5. The van der Waals surface area contributed by atoms with Crippen molar-refractivity contribution in [3.8, 4) is 0 Å². The number of carbonyl (C=O) groups excluding carboxylic acids is 4. The summed E-state index contributed by atoms with van der Waals surface area (Å²) < 4.78 is 0. The van der Waals surface area contributed by atoms with Crippen molar-refractivity contribution in [2.24, 2.45) is 23.3 Å². The quantitative estimate of drug-likeness (QED) is 0.205. The Morgan fingerprint density at radius 2 is 1.43 bits per heavy atom. The molecule has 0 aliphatic heterocycles. The normalized spacial score (nSPS) is 14.5. The smallest absolute Gasteiger partial charge is 0.326 e. The summed E-state index contributed by atoms with van der Waals surface area (Å²) in [4.78, 5) is 61.3. The number of benzene rings is 1. The van der Waals surface area contributed by atoms with E-state index in [2.05, 4.69) is 16.0 Å². The molecular weight excluding hydrogens is 454 g/mol. The lowest BCUT2D eigenvalue weighted by Crippen LogP contribution is -2.59. The van der Waals surface area contributed by atoms with Crippen LogP contribution in [0.15, 0.2) is 30.3 Å². The molecule has 0 saturated heterocycles. The van der Waals surface area contributed by atoms with Crippen LogP contribution >= 0.6 is 0 Å². The van der Waals surface area contributed by atoms with Gasteiger partial charge in [-0.05, 0) is 23.8 Å². The van der Waals surface area contributed by atoms with Crippen LogP contribution in [0.4, 0.5) is 0 Å². The van der Waals surface area contributed by atoms with E-state index in [4.69, 9.17) is 11.5 Å². The highest BCUT2D eigenvalue weighted by atomic mass is 16.4. The topological polar surface area (TPSA) is 194 Å². The molecule has 11 nitrogen and oxygen atoms in total. The molecule has 0 fully saturated rings. The second-order valence-electron chi connectivity index (χ2n) is 9.29. The average molecular weight is 492 g/mol. The molecule has 4 unspecified atom stereocenters. The monoisotopic (exact) mass is 491 g/mol. The summed E-state index contributed by atoms with van der Waals surface area (Å²) in [5.74, 6) is -4.32. The van der Waals surface area contributed by atoms with Gasteiger partial charge >= 0.3 is 5.97 Å². The van der Waals surface area contributed by atoms with E-state index >= 15 is 0 Å². The maximum atomic E-state index is 13.2. The maximum absolute atomic E-state index is 13.2. The molecule has 4 amide bonds. The molecule has 0 heterocycles. The third-order valence-corrected chi connectivity index (χ3v) is 5.24. The van der Waals surface area contributed by atoms with E-state index in [1.54, 1.807) is 44.2 Å². The van der Waals surface area contributed by atoms with E-state index in [0.29, 0.717) is 0 Å². The Hall–Kier alpha value is -3.47. The SMILES string of the molecule is CC(C)CC(NC(=O)C(NC(=O)C(Cc1ccccc1)NC(=O)C(N)CC(N)=O)C(C)C)C(=O)O. The predicted molar refractivity (Wildman–Crippen MR) is 130 cm³/mol. The molecule has 11 heteroatoms. The molecule has 1 aromatic carbocycles. The summed E-state index contributed by atoms with van der Waals surface area (Å²) in [7, 11) is 0. The minimum absolute atomic E-state index is 0.0265. The molecule has 0 aliphatic rings. The molecule has 0 bridgehead atoms. The highest BCUT2D eigenvalue weighted by Gasteiger charge is 2.32. The van der Waals surface area contributed by atoms with Crippen molar-refractivity contribution in [2.75, 3.05) is 0 Å². The fourth-order valence-electron chi connectivity index (χ4n) is 3.39. The molecule has 4 atom stereocenters. The van der Waals surface area contributed by atoms with E-state index < -0.39 is 60.2 Å². The van der Waals surface area contributed by atoms with Crippen molar-refractivity contribution in [3.63, 3.8) is 0 Å². The van der Waals surface area contributed by atoms with Gasteiger partial charge in [-0.2, -0.15) is 0 Å². The van der Waals surface area contributed by atoms with Crippen LogP contribution in [0.2, 0.25) is 0 Å². The van der Waals surface area contributed by atoms with Crippen molar-refractivity contribution in [1.82, 2.24) is 16.0 Å². The number of nitrogens with two attached hydrogens (primary N) is 2. The van der Waals surface area contributed by atoms with Gasteiger partial charge < -0.3 is 32.5 Å². The zero-order valence-corrected chi connectivity index (χ0v) is 20.6. The summed E-state index contributed by atoms with van der Waals surface area (Å²) in [5, 5.41) is 17.1. The van der Waals surface area contributed by atoms with E-state index in [0.717, 1.165) is 5.56 Å². The van der Waals surface area contributed by atoms with Gasteiger partial charge in [-0.1, -0.05) is 58.0 Å². The van der Waals surface area contributed by atoms with E-state index in [1.807, 2.05) is 13.8 Å². The van der Waals surface area contributed by atoms with Gasteiger partial charge in [0.05, 0.1) is 12.5 Å². The molecule has 1 aromatic rings. The van der Waals surface area contributed by atoms with Crippen LogP contribution in [0.3, 0.4) is 0 Å². The van der Waals surface area contributed by atoms with Crippen molar-refractivity contribution in [1.29, 1.82) is 0 Å². The lowest BCUT2D eigenvalue weighted by molar-refractivity contribution is -0.143. The molecule has 35 heavy (non-hydrogen) atoms. The van der Waals surface area contributed by atoms with E-state index in [9.17, 15) is 29.1 Å². The highest BCUT2D eigenvalue weighted by Crippen LogP contribution is 2.10. The zero-order chi connectivity index (χ0) is 26.7. The Bertz CT molecular complexity index is 890. The van der Waals surface area contributed by atoms with Gasteiger partial charge in [-0.15, -0.1) is 0 Å².